The number of carbonyl (C=O) groups excluding carboxylic acids is 1. The van der Waals surface area contributed by atoms with Gasteiger partial charge in [-0.1, -0.05) is 0 Å². The SMILES string of the molecule is O=C(NC[C@H]1CCCO1)c1ccc(OCC(F)(F)F)nc1. The van der Waals surface area contributed by atoms with Gasteiger partial charge in [-0.2, -0.15) is 13.2 Å². The van der Waals surface area contributed by atoms with Gasteiger partial charge in [-0.05, 0) is 18.9 Å². The monoisotopic (exact) mass is 304 g/mol. The van der Waals surface area contributed by atoms with Crippen molar-refractivity contribution >= 4 is 5.91 Å². The van der Waals surface area contributed by atoms with Crippen LogP contribution < -0.4 is 10.1 Å². The summed E-state index contributed by atoms with van der Waals surface area (Å²) in [5.74, 6) is -0.525. The molecule has 1 N–H and O–H groups in total. The number of nitrogens with one attached hydrogen (secondary N) is 1. The standard InChI is InChI=1S/C13H15F3N2O3/c14-13(15,16)8-21-11-4-3-9(6-17-11)12(19)18-7-10-2-1-5-20-10/h3-4,6,10H,1-2,5,7-8H2,(H,18,19)/t10-/m1/s1. The Balaban J connectivity index is 1.81. The molecule has 1 saturated heterocycles. The van der Waals surface area contributed by atoms with Crippen LogP contribution in [0.1, 0.15) is 23.2 Å². The summed E-state index contributed by atoms with van der Waals surface area (Å²) in [6.45, 7) is -0.303. The first-order chi connectivity index (χ1) is 9.94. The first kappa shape index (κ1) is 15.6. The maximum atomic E-state index is 12.0. The summed E-state index contributed by atoms with van der Waals surface area (Å²) in [4.78, 5) is 15.5. The Labute approximate surface area is 119 Å². The minimum Gasteiger partial charge on any atom is -0.468 e. The summed E-state index contributed by atoms with van der Waals surface area (Å²) in [5, 5.41) is 2.69. The normalized spacial score (nSPS) is 18.5. The van der Waals surface area contributed by atoms with E-state index in [1.54, 1.807) is 0 Å². The molecule has 116 valence electrons. The van der Waals surface area contributed by atoms with Gasteiger partial charge in [-0.25, -0.2) is 4.98 Å². The van der Waals surface area contributed by atoms with E-state index in [0.29, 0.717) is 13.2 Å². The van der Waals surface area contributed by atoms with E-state index in [-0.39, 0.29) is 23.5 Å². The van der Waals surface area contributed by atoms with Gasteiger partial charge in [0, 0.05) is 25.4 Å². The number of aromatic nitrogens is 1. The zero-order chi connectivity index (χ0) is 15.3. The largest absolute Gasteiger partial charge is 0.468 e. The average Bonchev–Trinajstić information content (AvgIpc) is 2.95. The Morgan fingerprint density at radius 1 is 1.48 bits per heavy atom. The van der Waals surface area contributed by atoms with E-state index >= 15 is 0 Å². The molecule has 1 fully saturated rings. The molecule has 1 aromatic rings. The number of ether oxygens (including phenoxy) is 2. The van der Waals surface area contributed by atoms with Crippen LogP contribution in [0.4, 0.5) is 13.2 Å². The van der Waals surface area contributed by atoms with Crippen LogP contribution >= 0.6 is 0 Å². The van der Waals surface area contributed by atoms with E-state index in [2.05, 4.69) is 15.0 Å². The van der Waals surface area contributed by atoms with Gasteiger partial charge in [0.1, 0.15) is 0 Å². The van der Waals surface area contributed by atoms with Gasteiger partial charge in [-0.3, -0.25) is 4.79 Å². The van der Waals surface area contributed by atoms with Gasteiger partial charge >= 0.3 is 6.18 Å². The molecule has 2 heterocycles. The quantitative estimate of drug-likeness (QED) is 0.903. The third-order valence-corrected chi connectivity index (χ3v) is 2.90. The van der Waals surface area contributed by atoms with Crippen molar-refractivity contribution in [2.75, 3.05) is 19.8 Å². The fourth-order valence-electron chi connectivity index (χ4n) is 1.87. The summed E-state index contributed by atoms with van der Waals surface area (Å²) >= 11 is 0. The first-order valence-corrected chi connectivity index (χ1v) is 6.49. The molecule has 0 aliphatic carbocycles. The molecule has 2 rings (SSSR count). The van der Waals surface area contributed by atoms with Crippen molar-refractivity contribution in [3.05, 3.63) is 23.9 Å². The lowest BCUT2D eigenvalue weighted by Crippen LogP contribution is -2.31. The number of nitrogens with zero attached hydrogens (tertiary/aromatic N) is 1. The molecule has 0 saturated carbocycles. The van der Waals surface area contributed by atoms with Gasteiger partial charge in [0.15, 0.2) is 6.61 Å². The number of amides is 1. The first-order valence-electron chi connectivity index (χ1n) is 6.49. The minimum absolute atomic E-state index is 0.0244. The molecule has 21 heavy (non-hydrogen) atoms. The lowest BCUT2D eigenvalue weighted by atomic mass is 10.2. The molecule has 1 aliphatic heterocycles. The van der Waals surface area contributed by atoms with Gasteiger partial charge in [0.2, 0.25) is 5.88 Å². The van der Waals surface area contributed by atoms with Crippen LogP contribution in [0, 0.1) is 0 Å². The zero-order valence-corrected chi connectivity index (χ0v) is 11.2. The van der Waals surface area contributed by atoms with E-state index < -0.39 is 12.8 Å². The smallest absolute Gasteiger partial charge is 0.422 e. The number of halogens is 3. The van der Waals surface area contributed by atoms with Crippen molar-refractivity contribution in [1.82, 2.24) is 10.3 Å². The number of rotatable bonds is 5. The molecule has 5 nitrogen and oxygen atoms in total. The van der Waals surface area contributed by atoms with Crippen LogP contribution in [0.25, 0.3) is 0 Å². The fraction of sp³-hybridized carbons (Fsp3) is 0.538. The molecule has 1 aliphatic rings. The Bertz CT molecular complexity index is 471. The van der Waals surface area contributed by atoms with E-state index in [1.807, 2.05) is 0 Å². The molecule has 0 radical (unpaired) electrons. The van der Waals surface area contributed by atoms with Crippen molar-refractivity contribution in [1.29, 1.82) is 0 Å². The topological polar surface area (TPSA) is 60.5 Å². The van der Waals surface area contributed by atoms with Crippen LogP contribution in [0.15, 0.2) is 18.3 Å². The molecule has 0 unspecified atom stereocenters. The third-order valence-electron chi connectivity index (χ3n) is 2.90. The van der Waals surface area contributed by atoms with Crippen molar-refractivity contribution in [2.45, 2.75) is 25.1 Å². The molecule has 1 atom stereocenters. The van der Waals surface area contributed by atoms with Crippen molar-refractivity contribution in [2.24, 2.45) is 0 Å². The summed E-state index contributed by atoms with van der Waals surface area (Å²) < 4.78 is 45.7. The molecule has 1 amide bonds. The van der Waals surface area contributed by atoms with Crippen molar-refractivity contribution < 1.29 is 27.4 Å². The summed E-state index contributed by atoms with van der Waals surface area (Å²) in [6, 6.07) is 2.59. The summed E-state index contributed by atoms with van der Waals surface area (Å²) in [7, 11) is 0. The van der Waals surface area contributed by atoms with Gasteiger partial charge in [0.05, 0.1) is 11.7 Å². The van der Waals surface area contributed by atoms with Crippen LogP contribution in [0.3, 0.4) is 0 Å². The molecule has 0 aromatic carbocycles. The molecule has 1 aromatic heterocycles. The Hall–Kier alpha value is -1.83. The number of alkyl halides is 3. The summed E-state index contributed by atoms with van der Waals surface area (Å²) in [6.07, 6.45) is -1.33. The zero-order valence-electron chi connectivity index (χ0n) is 11.2. The number of hydrogen-bond donors (Lipinski definition) is 1. The van der Waals surface area contributed by atoms with Gasteiger partial charge in [-0.15, -0.1) is 0 Å². The van der Waals surface area contributed by atoms with Crippen LogP contribution in [-0.4, -0.2) is 42.9 Å². The lowest BCUT2D eigenvalue weighted by molar-refractivity contribution is -0.154. The van der Waals surface area contributed by atoms with Crippen LogP contribution in [0.5, 0.6) is 5.88 Å². The highest BCUT2D eigenvalue weighted by Crippen LogP contribution is 2.17. The maximum absolute atomic E-state index is 12.0. The second kappa shape index (κ2) is 6.75. The predicted molar refractivity (Wildman–Crippen MR) is 67.1 cm³/mol. The van der Waals surface area contributed by atoms with Crippen LogP contribution in [0.2, 0.25) is 0 Å². The number of pyridine rings is 1. The Morgan fingerprint density at radius 3 is 2.86 bits per heavy atom. The molecule has 8 heteroatoms. The Kier molecular flexibility index (Phi) is 5.00. The van der Waals surface area contributed by atoms with E-state index in [4.69, 9.17) is 4.74 Å². The fourth-order valence-corrected chi connectivity index (χ4v) is 1.87. The highest BCUT2D eigenvalue weighted by atomic mass is 19.4. The van der Waals surface area contributed by atoms with E-state index in [0.717, 1.165) is 12.8 Å². The van der Waals surface area contributed by atoms with Gasteiger partial charge in [0.25, 0.3) is 5.91 Å². The number of carbonyl (C=O) groups is 1. The second-order valence-corrected chi connectivity index (χ2v) is 4.63. The number of hydrogen-bond acceptors (Lipinski definition) is 4. The highest BCUT2D eigenvalue weighted by Gasteiger charge is 2.28. The van der Waals surface area contributed by atoms with E-state index in [1.165, 1.54) is 18.3 Å². The second-order valence-electron chi connectivity index (χ2n) is 4.63. The van der Waals surface area contributed by atoms with E-state index in [9.17, 15) is 18.0 Å². The molecule has 0 spiro atoms. The average molecular weight is 304 g/mol. The van der Waals surface area contributed by atoms with Crippen molar-refractivity contribution in [3.63, 3.8) is 0 Å². The Morgan fingerprint density at radius 2 is 2.29 bits per heavy atom. The maximum Gasteiger partial charge on any atom is 0.422 e. The van der Waals surface area contributed by atoms with Crippen LogP contribution in [-0.2, 0) is 4.74 Å². The summed E-state index contributed by atoms with van der Waals surface area (Å²) in [5.41, 5.74) is 0.257. The lowest BCUT2D eigenvalue weighted by Gasteiger charge is -2.11. The molecular formula is C13H15F3N2O3. The minimum atomic E-state index is -4.42. The molecule has 0 bridgehead atoms. The van der Waals surface area contributed by atoms with Gasteiger partial charge < -0.3 is 14.8 Å². The highest BCUT2D eigenvalue weighted by molar-refractivity contribution is 5.93. The predicted octanol–water partition coefficient (Wildman–Crippen LogP) is 1.93. The molecular weight excluding hydrogens is 289 g/mol. The third kappa shape index (κ3) is 5.22. The van der Waals surface area contributed by atoms with Crippen molar-refractivity contribution in [3.8, 4) is 5.88 Å².